The van der Waals surface area contributed by atoms with E-state index >= 15 is 0 Å². The summed E-state index contributed by atoms with van der Waals surface area (Å²) in [4.78, 5) is 27.6. The van der Waals surface area contributed by atoms with Crippen molar-refractivity contribution >= 4 is 44.2 Å². The van der Waals surface area contributed by atoms with Crippen LogP contribution in [0.1, 0.15) is 21.6 Å². The van der Waals surface area contributed by atoms with E-state index in [1.165, 1.54) is 23.7 Å². The highest BCUT2D eigenvalue weighted by atomic mass is 35.5. The molecule has 0 N–H and O–H groups in total. The van der Waals surface area contributed by atoms with Gasteiger partial charge in [0.1, 0.15) is 5.69 Å². The molecule has 0 radical (unpaired) electrons. The predicted octanol–water partition coefficient (Wildman–Crippen LogP) is 4.90. The van der Waals surface area contributed by atoms with Crippen molar-refractivity contribution in [1.82, 2.24) is 15.0 Å². The van der Waals surface area contributed by atoms with Crippen molar-refractivity contribution in [3.8, 4) is 0 Å². The first-order valence-electron chi connectivity index (χ1n) is 8.31. The van der Waals surface area contributed by atoms with Crippen LogP contribution in [0.5, 0.6) is 0 Å². The van der Waals surface area contributed by atoms with Gasteiger partial charge in [0.05, 0.1) is 28.0 Å². The largest absolute Gasteiger partial charge is 0.280 e. The van der Waals surface area contributed by atoms with E-state index in [0.29, 0.717) is 16.7 Å². The Morgan fingerprint density at radius 2 is 1.96 bits per heavy atom. The van der Waals surface area contributed by atoms with E-state index in [-0.39, 0.29) is 11.6 Å². The molecule has 0 atom stereocenters. The second-order valence-electron chi connectivity index (χ2n) is 6.01. The van der Waals surface area contributed by atoms with Crippen LogP contribution in [-0.4, -0.2) is 20.9 Å². The first-order valence-corrected chi connectivity index (χ1v) is 9.50. The summed E-state index contributed by atoms with van der Waals surface area (Å²) < 4.78 is 0.872. The van der Waals surface area contributed by atoms with Crippen LogP contribution < -0.4 is 4.90 Å². The van der Waals surface area contributed by atoms with Crippen LogP contribution in [0.25, 0.3) is 10.2 Å². The highest BCUT2D eigenvalue weighted by molar-refractivity contribution is 7.23. The lowest BCUT2D eigenvalue weighted by atomic mass is 10.2. The fraction of sp³-hybridized carbons (Fsp3) is 0.100. The molecule has 2 aromatic heterocycles. The molecule has 0 spiro atoms. The zero-order chi connectivity index (χ0) is 18.8. The number of benzene rings is 2. The smallest absolute Gasteiger partial charge is 0.278 e. The third-order valence-electron chi connectivity index (χ3n) is 4.13. The molecule has 4 rings (SSSR count). The number of halogens is 1. The molecule has 7 heteroatoms. The number of fused-ring (bicyclic) bond motifs is 1. The van der Waals surface area contributed by atoms with Gasteiger partial charge in [-0.15, -0.1) is 0 Å². The minimum Gasteiger partial charge on any atom is -0.278 e. The van der Waals surface area contributed by atoms with Crippen LogP contribution in [0, 0.1) is 6.92 Å². The summed E-state index contributed by atoms with van der Waals surface area (Å²) in [5, 5.41) is 1.21. The zero-order valence-electron chi connectivity index (χ0n) is 14.5. The van der Waals surface area contributed by atoms with Gasteiger partial charge in [0.2, 0.25) is 0 Å². The molecule has 0 aliphatic heterocycles. The molecule has 1 amide bonds. The standard InChI is InChI=1S/C20H15ClN4OS/c1-13-7-8-15(21)18-17(13)24-20(27-18)25(12-14-5-3-2-4-6-14)19(26)16-11-22-9-10-23-16/h2-11H,12H2,1H3. The second kappa shape index (κ2) is 7.42. The number of anilines is 1. The maximum Gasteiger partial charge on any atom is 0.280 e. The molecule has 2 aromatic carbocycles. The Bertz CT molecular complexity index is 1060. The Morgan fingerprint density at radius 1 is 1.15 bits per heavy atom. The molecule has 0 fully saturated rings. The Kier molecular flexibility index (Phi) is 4.83. The van der Waals surface area contributed by atoms with Crippen LogP contribution in [0.4, 0.5) is 5.13 Å². The minimum absolute atomic E-state index is 0.250. The molecule has 2 heterocycles. The molecule has 0 bridgehead atoms. The second-order valence-corrected chi connectivity index (χ2v) is 7.39. The lowest BCUT2D eigenvalue weighted by Gasteiger charge is -2.19. The molecule has 0 aliphatic rings. The van der Waals surface area contributed by atoms with Gasteiger partial charge < -0.3 is 0 Å². The number of thiazole rings is 1. The summed E-state index contributed by atoms with van der Waals surface area (Å²) >= 11 is 7.75. The number of aromatic nitrogens is 3. The van der Waals surface area contributed by atoms with E-state index in [1.807, 2.05) is 49.4 Å². The van der Waals surface area contributed by atoms with Gasteiger partial charge in [-0.05, 0) is 24.1 Å². The van der Waals surface area contributed by atoms with Crippen LogP contribution in [0.2, 0.25) is 5.02 Å². The van der Waals surface area contributed by atoms with Crippen molar-refractivity contribution in [3.05, 3.63) is 82.9 Å². The summed E-state index contributed by atoms with van der Waals surface area (Å²) in [5.74, 6) is -0.250. The summed E-state index contributed by atoms with van der Waals surface area (Å²) in [6.07, 6.45) is 4.51. The SMILES string of the molecule is Cc1ccc(Cl)c2sc(N(Cc3ccccc3)C(=O)c3cnccn3)nc12. The molecule has 0 aliphatic carbocycles. The third-order valence-corrected chi connectivity index (χ3v) is 5.67. The van der Waals surface area contributed by atoms with E-state index in [9.17, 15) is 4.79 Å². The maximum absolute atomic E-state index is 13.2. The van der Waals surface area contributed by atoms with Gasteiger partial charge in [-0.3, -0.25) is 14.7 Å². The number of amides is 1. The predicted molar refractivity (Wildman–Crippen MR) is 108 cm³/mol. The summed E-state index contributed by atoms with van der Waals surface area (Å²) in [6.45, 7) is 2.36. The van der Waals surface area contributed by atoms with Crippen LogP contribution in [0.15, 0.2) is 61.1 Å². The first-order chi connectivity index (χ1) is 13.1. The highest BCUT2D eigenvalue weighted by Gasteiger charge is 2.23. The van der Waals surface area contributed by atoms with E-state index < -0.39 is 0 Å². The molecule has 0 saturated heterocycles. The number of aryl methyl sites for hydroxylation is 1. The normalized spacial score (nSPS) is 10.9. The summed E-state index contributed by atoms with van der Waals surface area (Å²) in [7, 11) is 0. The molecule has 27 heavy (non-hydrogen) atoms. The van der Waals surface area contributed by atoms with Crippen molar-refractivity contribution in [2.45, 2.75) is 13.5 Å². The van der Waals surface area contributed by atoms with E-state index in [2.05, 4.69) is 9.97 Å². The van der Waals surface area contributed by atoms with E-state index in [4.69, 9.17) is 16.6 Å². The van der Waals surface area contributed by atoms with Gasteiger partial charge in [-0.1, -0.05) is 59.3 Å². The molecular weight excluding hydrogens is 380 g/mol. The topological polar surface area (TPSA) is 59.0 Å². The fourth-order valence-corrected chi connectivity index (χ4v) is 4.06. The molecule has 4 aromatic rings. The quantitative estimate of drug-likeness (QED) is 0.494. The number of carbonyl (C=O) groups is 1. The lowest BCUT2D eigenvalue weighted by molar-refractivity contribution is 0.0980. The van der Waals surface area contributed by atoms with Crippen molar-refractivity contribution in [2.24, 2.45) is 0 Å². The fourth-order valence-electron chi connectivity index (χ4n) is 2.75. The van der Waals surface area contributed by atoms with Crippen molar-refractivity contribution in [3.63, 3.8) is 0 Å². The molecule has 0 saturated carbocycles. The average molecular weight is 395 g/mol. The molecule has 5 nitrogen and oxygen atoms in total. The summed E-state index contributed by atoms with van der Waals surface area (Å²) in [5.41, 5.74) is 3.10. The zero-order valence-corrected chi connectivity index (χ0v) is 16.0. The number of hydrogen-bond donors (Lipinski definition) is 0. The minimum atomic E-state index is -0.250. The number of hydrogen-bond acceptors (Lipinski definition) is 5. The van der Waals surface area contributed by atoms with Gasteiger partial charge in [0.15, 0.2) is 5.13 Å². The molecule has 134 valence electrons. The van der Waals surface area contributed by atoms with Crippen LogP contribution in [-0.2, 0) is 6.54 Å². The van der Waals surface area contributed by atoms with Gasteiger partial charge in [0.25, 0.3) is 5.91 Å². The van der Waals surface area contributed by atoms with Gasteiger partial charge in [0, 0.05) is 12.4 Å². The maximum atomic E-state index is 13.2. The van der Waals surface area contributed by atoms with Gasteiger partial charge >= 0.3 is 0 Å². The number of nitrogens with zero attached hydrogens (tertiary/aromatic N) is 4. The van der Waals surface area contributed by atoms with Crippen molar-refractivity contribution < 1.29 is 4.79 Å². The van der Waals surface area contributed by atoms with Crippen LogP contribution >= 0.6 is 22.9 Å². The van der Waals surface area contributed by atoms with E-state index in [0.717, 1.165) is 21.3 Å². The first kappa shape index (κ1) is 17.6. The Morgan fingerprint density at radius 3 is 2.67 bits per heavy atom. The monoisotopic (exact) mass is 394 g/mol. The van der Waals surface area contributed by atoms with Crippen LogP contribution in [0.3, 0.4) is 0 Å². The Hall–Kier alpha value is -2.83. The molecular formula is C20H15ClN4OS. The highest BCUT2D eigenvalue weighted by Crippen LogP contribution is 2.36. The Labute approximate surface area is 165 Å². The third kappa shape index (κ3) is 3.54. The lowest BCUT2D eigenvalue weighted by Crippen LogP contribution is -2.31. The van der Waals surface area contributed by atoms with Gasteiger partial charge in [-0.2, -0.15) is 0 Å². The summed E-state index contributed by atoms with van der Waals surface area (Å²) in [6, 6.07) is 13.6. The van der Waals surface area contributed by atoms with E-state index in [1.54, 1.807) is 11.1 Å². The van der Waals surface area contributed by atoms with Gasteiger partial charge in [-0.25, -0.2) is 9.97 Å². The molecule has 0 unspecified atom stereocenters. The Balaban J connectivity index is 1.81. The number of carbonyl (C=O) groups excluding carboxylic acids is 1. The van der Waals surface area contributed by atoms with Crippen molar-refractivity contribution in [1.29, 1.82) is 0 Å². The van der Waals surface area contributed by atoms with Crippen molar-refractivity contribution in [2.75, 3.05) is 4.90 Å². The average Bonchev–Trinajstić information content (AvgIpc) is 3.16. The number of rotatable bonds is 4.